The number of anilines is 1. The van der Waals surface area contributed by atoms with Gasteiger partial charge in [-0.15, -0.1) is 0 Å². The minimum Gasteiger partial charge on any atom is -0.457 e. The number of fused-ring (bicyclic) bond motifs is 3. The summed E-state index contributed by atoms with van der Waals surface area (Å²) in [4.78, 5) is 25.5. The van der Waals surface area contributed by atoms with E-state index in [-0.39, 0.29) is 17.7 Å². The summed E-state index contributed by atoms with van der Waals surface area (Å²) in [7, 11) is 2.03. The average molecular weight is 528 g/mol. The van der Waals surface area contributed by atoms with Crippen molar-refractivity contribution in [2.24, 2.45) is 0 Å². The zero-order valence-corrected chi connectivity index (χ0v) is 22.3. The number of amides is 1. The molecule has 5 aromatic rings. The number of para-hydroxylation sites is 2. The maximum atomic E-state index is 14.2. The number of pyridine rings is 1. The molecular formula is C31H29BN6O2. The highest BCUT2D eigenvalue weighted by Gasteiger charge is 2.37. The minimum absolute atomic E-state index is 0.115. The van der Waals surface area contributed by atoms with E-state index in [2.05, 4.69) is 21.5 Å². The van der Waals surface area contributed by atoms with E-state index in [9.17, 15) is 4.79 Å². The van der Waals surface area contributed by atoms with Crippen molar-refractivity contribution in [1.82, 2.24) is 24.5 Å². The molecule has 2 aromatic carbocycles. The van der Waals surface area contributed by atoms with Crippen molar-refractivity contribution in [1.29, 1.82) is 0 Å². The molecule has 1 atom stereocenters. The molecule has 1 unspecified atom stereocenters. The molecule has 1 amide bonds. The van der Waals surface area contributed by atoms with Gasteiger partial charge >= 0.3 is 0 Å². The van der Waals surface area contributed by atoms with Gasteiger partial charge in [0, 0.05) is 61.3 Å². The third-order valence-electron chi connectivity index (χ3n) is 7.94. The first-order valence-electron chi connectivity index (χ1n) is 13.8. The average Bonchev–Trinajstić information content (AvgIpc) is 3.39. The van der Waals surface area contributed by atoms with Gasteiger partial charge in [-0.2, -0.15) is 9.61 Å². The van der Waals surface area contributed by atoms with Crippen LogP contribution in [0, 0.1) is 0 Å². The molecule has 1 saturated heterocycles. The Morgan fingerprint density at radius 1 is 1.02 bits per heavy atom. The van der Waals surface area contributed by atoms with Crippen LogP contribution in [0.25, 0.3) is 5.65 Å². The van der Waals surface area contributed by atoms with Crippen LogP contribution in [0.2, 0.25) is 0 Å². The van der Waals surface area contributed by atoms with Crippen LogP contribution >= 0.6 is 0 Å². The van der Waals surface area contributed by atoms with Gasteiger partial charge in [0.25, 0.3) is 0 Å². The lowest BCUT2D eigenvalue weighted by Crippen LogP contribution is -2.42. The van der Waals surface area contributed by atoms with Gasteiger partial charge < -0.3 is 15.0 Å². The molecule has 1 N–H and O–H groups in total. The minimum atomic E-state index is -0.385. The van der Waals surface area contributed by atoms with Crippen LogP contribution in [0.5, 0.6) is 11.5 Å². The van der Waals surface area contributed by atoms with Gasteiger partial charge in [-0.3, -0.25) is 9.78 Å². The molecule has 2 aliphatic rings. The maximum absolute atomic E-state index is 14.2. The first kappa shape index (κ1) is 24.4. The summed E-state index contributed by atoms with van der Waals surface area (Å²) in [5.41, 5.74) is 5.76. The van der Waals surface area contributed by atoms with E-state index in [1.165, 1.54) is 0 Å². The Kier molecular flexibility index (Phi) is 6.19. The highest BCUT2D eigenvalue weighted by atomic mass is 16.5. The Morgan fingerprint density at radius 2 is 1.80 bits per heavy atom. The summed E-state index contributed by atoms with van der Waals surface area (Å²) in [5.74, 6) is 2.24. The number of benzene rings is 2. The molecule has 7 rings (SSSR count). The quantitative estimate of drug-likeness (QED) is 0.351. The van der Waals surface area contributed by atoms with Crippen molar-refractivity contribution >= 4 is 30.7 Å². The highest BCUT2D eigenvalue weighted by molar-refractivity contribution is 6.36. The number of ether oxygens (including phenoxy) is 1. The number of carbonyl (C=O) groups is 1. The second kappa shape index (κ2) is 10.1. The summed E-state index contributed by atoms with van der Waals surface area (Å²) in [5, 5.41) is 8.09. The number of hydrogen-bond donors (Lipinski definition) is 1. The Hall–Kier alpha value is -4.66. The SMILES string of the molecule is Bc1cnn2c(NCc3cccnc3)cc(C3CCCN(C(=O)C4c5ccccc5Oc5ccccc54)C3)nc12. The van der Waals surface area contributed by atoms with E-state index < -0.39 is 0 Å². The van der Waals surface area contributed by atoms with Crippen LogP contribution < -0.4 is 15.5 Å². The van der Waals surface area contributed by atoms with Crippen molar-refractivity contribution in [3.8, 4) is 11.5 Å². The number of carbonyl (C=O) groups excluding carboxylic acids is 1. The van der Waals surface area contributed by atoms with Gasteiger partial charge in [-0.05, 0) is 42.1 Å². The predicted molar refractivity (Wildman–Crippen MR) is 156 cm³/mol. The maximum Gasteiger partial charge on any atom is 0.234 e. The van der Waals surface area contributed by atoms with Crippen molar-refractivity contribution < 1.29 is 9.53 Å². The van der Waals surface area contributed by atoms with E-state index in [1.54, 1.807) is 6.20 Å². The standard InChI is InChI=1S/C31H29BN6O2/c32-24-18-35-38-28(34-17-20-7-5-13-33-16-20)15-25(36-30(24)38)21-8-6-14-37(19-21)31(39)29-22-9-1-3-11-26(22)40-27-12-4-2-10-23(27)29/h1-5,7,9-13,15-16,18,21,29,34H,6,8,14,17,19,32H2. The zero-order valence-electron chi connectivity index (χ0n) is 22.3. The smallest absolute Gasteiger partial charge is 0.234 e. The number of nitrogens with zero attached hydrogens (tertiary/aromatic N) is 5. The molecule has 8 nitrogen and oxygen atoms in total. The first-order chi connectivity index (χ1) is 19.7. The Bertz CT molecular complexity index is 1660. The van der Waals surface area contributed by atoms with E-state index in [4.69, 9.17) is 9.72 Å². The topological polar surface area (TPSA) is 84.7 Å². The fourth-order valence-corrected chi connectivity index (χ4v) is 5.90. The molecule has 198 valence electrons. The van der Waals surface area contributed by atoms with E-state index >= 15 is 0 Å². The number of rotatable bonds is 5. The second-order valence-corrected chi connectivity index (χ2v) is 10.6. The zero-order chi connectivity index (χ0) is 27.1. The lowest BCUT2D eigenvalue weighted by molar-refractivity contribution is -0.133. The van der Waals surface area contributed by atoms with Crippen LogP contribution in [0.4, 0.5) is 5.82 Å². The molecule has 0 aliphatic carbocycles. The molecule has 0 radical (unpaired) electrons. The fourth-order valence-electron chi connectivity index (χ4n) is 5.90. The van der Waals surface area contributed by atoms with Crippen LogP contribution in [0.15, 0.2) is 85.3 Å². The van der Waals surface area contributed by atoms with Crippen molar-refractivity contribution in [2.75, 3.05) is 18.4 Å². The first-order valence-corrected chi connectivity index (χ1v) is 13.8. The molecule has 0 saturated carbocycles. The van der Waals surface area contributed by atoms with Crippen molar-refractivity contribution in [2.45, 2.75) is 31.2 Å². The number of likely N-dealkylation sites (tertiary alicyclic amines) is 1. The van der Waals surface area contributed by atoms with E-state index in [0.717, 1.165) is 70.2 Å². The lowest BCUT2D eigenvalue weighted by Gasteiger charge is -2.37. The number of piperidine rings is 1. The molecule has 5 heterocycles. The number of nitrogens with one attached hydrogen (secondary N) is 1. The van der Waals surface area contributed by atoms with Crippen LogP contribution in [0.3, 0.4) is 0 Å². The van der Waals surface area contributed by atoms with Crippen LogP contribution in [-0.4, -0.2) is 51.3 Å². The molecule has 0 bridgehead atoms. The van der Waals surface area contributed by atoms with Gasteiger partial charge in [0.2, 0.25) is 5.91 Å². The molecule has 3 aromatic heterocycles. The molecule has 1 fully saturated rings. The summed E-state index contributed by atoms with van der Waals surface area (Å²) < 4.78 is 8.01. The summed E-state index contributed by atoms with van der Waals surface area (Å²) >= 11 is 0. The molecule has 2 aliphatic heterocycles. The Balaban J connectivity index is 1.19. The highest BCUT2D eigenvalue weighted by Crippen LogP contribution is 2.45. The third kappa shape index (κ3) is 4.37. The summed E-state index contributed by atoms with van der Waals surface area (Å²) in [6.45, 7) is 1.99. The molecule has 40 heavy (non-hydrogen) atoms. The third-order valence-corrected chi connectivity index (χ3v) is 7.94. The van der Waals surface area contributed by atoms with Crippen LogP contribution in [0.1, 0.15) is 47.1 Å². The monoisotopic (exact) mass is 528 g/mol. The van der Waals surface area contributed by atoms with Gasteiger partial charge in [-0.25, -0.2) is 4.98 Å². The largest absolute Gasteiger partial charge is 0.457 e. The Labute approximate surface area is 233 Å². The fraction of sp³-hybridized carbons (Fsp3) is 0.226. The normalized spacial score (nSPS) is 16.7. The second-order valence-electron chi connectivity index (χ2n) is 10.6. The van der Waals surface area contributed by atoms with Crippen LogP contribution in [-0.2, 0) is 11.3 Å². The van der Waals surface area contributed by atoms with Gasteiger partial charge in [0.1, 0.15) is 25.2 Å². The molecule has 0 spiro atoms. The van der Waals surface area contributed by atoms with E-state index in [1.807, 2.05) is 90.3 Å². The van der Waals surface area contributed by atoms with Gasteiger partial charge in [0.15, 0.2) is 5.65 Å². The lowest BCUT2D eigenvalue weighted by atomic mass is 9.85. The molecule has 9 heteroatoms. The number of aromatic nitrogens is 4. The summed E-state index contributed by atoms with van der Waals surface area (Å²) in [6.07, 6.45) is 7.38. The number of hydrogen-bond acceptors (Lipinski definition) is 6. The predicted octanol–water partition coefficient (Wildman–Crippen LogP) is 3.64. The van der Waals surface area contributed by atoms with Crippen molar-refractivity contribution in [3.63, 3.8) is 0 Å². The Morgan fingerprint density at radius 3 is 2.55 bits per heavy atom. The molecular weight excluding hydrogens is 499 g/mol. The van der Waals surface area contributed by atoms with Gasteiger partial charge in [-0.1, -0.05) is 42.5 Å². The summed E-state index contributed by atoms with van der Waals surface area (Å²) in [6, 6.07) is 21.8. The van der Waals surface area contributed by atoms with E-state index in [0.29, 0.717) is 13.1 Å². The van der Waals surface area contributed by atoms with Crippen molar-refractivity contribution in [3.05, 3.63) is 108 Å². The van der Waals surface area contributed by atoms with Gasteiger partial charge in [0.05, 0.1) is 11.6 Å².